The van der Waals surface area contributed by atoms with Crippen molar-refractivity contribution in [3.63, 3.8) is 0 Å². The highest BCUT2D eigenvalue weighted by molar-refractivity contribution is 5.76. The van der Waals surface area contributed by atoms with Gasteiger partial charge in [-0.3, -0.25) is 19.6 Å². The monoisotopic (exact) mass is 385 g/mol. The Bertz CT molecular complexity index is 835. The molecule has 1 aromatic heterocycles. The molecule has 8 nitrogen and oxygen atoms in total. The molecule has 1 heterocycles. The number of nitrogens with one attached hydrogen (secondary N) is 1. The van der Waals surface area contributed by atoms with E-state index in [-0.39, 0.29) is 24.6 Å². The number of anilines is 1. The Morgan fingerprint density at radius 1 is 1.41 bits per heavy atom. The minimum absolute atomic E-state index is 0.0228. The number of nitro benzene ring substituents is 1. The Morgan fingerprint density at radius 3 is 2.67 bits per heavy atom. The molecule has 146 valence electrons. The fourth-order valence-corrected chi connectivity index (χ4v) is 2.42. The van der Waals surface area contributed by atoms with Crippen LogP contribution in [0, 0.1) is 10.1 Å². The second-order valence-electron chi connectivity index (χ2n) is 5.94. The number of carbonyl (C=O) groups excluding carboxylic acids is 1. The van der Waals surface area contributed by atoms with Gasteiger partial charge >= 0.3 is 6.18 Å². The zero-order chi connectivity index (χ0) is 20.2. The molecule has 27 heavy (non-hydrogen) atoms. The van der Waals surface area contributed by atoms with Crippen LogP contribution in [-0.4, -0.2) is 39.1 Å². The van der Waals surface area contributed by atoms with Crippen LogP contribution in [0.25, 0.3) is 0 Å². The van der Waals surface area contributed by atoms with Crippen molar-refractivity contribution in [2.75, 3.05) is 18.9 Å². The van der Waals surface area contributed by atoms with E-state index in [1.807, 2.05) is 0 Å². The molecule has 0 fully saturated rings. The summed E-state index contributed by atoms with van der Waals surface area (Å²) in [5.74, 6) is -0.221. The maximum Gasteiger partial charge on any atom is 0.416 e. The Balaban J connectivity index is 1.95. The van der Waals surface area contributed by atoms with Crippen molar-refractivity contribution in [3.8, 4) is 0 Å². The molecule has 0 spiro atoms. The van der Waals surface area contributed by atoms with E-state index < -0.39 is 22.4 Å². The van der Waals surface area contributed by atoms with Crippen molar-refractivity contribution < 1.29 is 22.9 Å². The number of rotatable bonds is 7. The lowest BCUT2D eigenvalue weighted by Gasteiger charge is -2.16. The van der Waals surface area contributed by atoms with Crippen LogP contribution in [0.3, 0.4) is 0 Å². The Hall–Kier alpha value is -3.11. The molecule has 1 amide bonds. The van der Waals surface area contributed by atoms with Crippen LogP contribution < -0.4 is 5.32 Å². The third-order valence-corrected chi connectivity index (χ3v) is 3.78. The van der Waals surface area contributed by atoms with Gasteiger partial charge < -0.3 is 10.2 Å². The van der Waals surface area contributed by atoms with Gasteiger partial charge in [-0.25, -0.2) is 0 Å². The largest absolute Gasteiger partial charge is 0.416 e. The first-order valence-electron chi connectivity index (χ1n) is 7.89. The van der Waals surface area contributed by atoms with Crippen molar-refractivity contribution in [1.29, 1.82) is 0 Å². The van der Waals surface area contributed by atoms with Gasteiger partial charge in [0, 0.05) is 51.4 Å². The lowest BCUT2D eigenvalue weighted by atomic mass is 10.1. The predicted octanol–water partition coefficient (Wildman–Crippen LogP) is 2.81. The maximum atomic E-state index is 12.7. The van der Waals surface area contributed by atoms with Gasteiger partial charge in [0.15, 0.2) is 0 Å². The minimum atomic E-state index is -4.67. The number of hydrogen-bond donors (Lipinski definition) is 1. The van der Waals surface area contributed by atoms with Gasteiger partial charge in [-0.05, 0) is 12.1 Å². The van der Waals surface area contributed by atoms with E-state index in [0.717, 1.165) is 17.7 Å². The Kier molecular flexibility index (Phi) is 6.03. The van der Waals surface area contributed by atoms with Gasteiger partial charge in [-0.2, -0.15) is 18.3 Å². The van der Waals surface area contributed by atoms with E-state index in [0.29, 0.717) is 12.6 Å². The molecule has 0 saturated heterocycles. The predicted molar refractivity (Wildman–Crippen MR) is 90.9 cm³/mol. The van der Waals surface area contributed by atoms with Crippen LogP contribution in [-0.2, 0) is 24.6 Å². The van der Waals surface area contributed by atoms with Crippen molar-refractivity contribution in [3.05, 3.63) is 51.8 Å². The first-order valence-corrected chi connectivity index (χ1v) is 7.89. The molecule has 0 bridgehead atoms. The summed E-state index contributed by atoms with van der Waals surface area (Å²) < 4.78 is 39.7. The number of halogens is 3. The highest BCUT2D eigenvalue weighted by Crippen LogP contribution is 2.34. The number of aromatic nitrogens is 2. The lowest BCUT2D eigenvalue weighted by Crippen LogP contribution is -2.27. The molecule has 1 N–H and O–H groups in total. The standard InChI is InChI=1S/C16H18F3N5O3/c1-22(9-11-8-21-23(2)10-11)15(25)5-6-20-13-4-3-12(16(17,18)19)7-14(13)24(26)27/h3-4,7-8,10,20H,5-6,9H2,1-2H3. The van der Waals surface area contributed by atoms with Crippen molar-refractivity contribution in [1.82, 2.24) is 14.7 Å². The molecule has 0 aliphatic heterocycles. The molecule has 0 aliphatic rings. The molecule has 0 atom stereocenters. The maximum absolute atomic E-state index is 12.7. The number of benzene rings is 1. The van der Waals surface area contributed by atoms with Crippen LogP contribution in [0.2, 0.25) is 0 Å². The fraction of sp³-hybridized carbons (Fsp3) is 0.375. The summed E-state index contributed by atoms with van der Waals surface area (Å²) in [5, 5.41) is 17.7. The number of aryl methyl sites for hydroxylation is 1. The highest BCUT2D eigenvalue weighted by atomic mass is 19.4. The van der Waals surface area contributed by atoms with Crippen LogP contribution in [0.15, 0.2) is 30.6 Å². The molecule has 0 unspecified atom stereocenters. The van der Waals surface area contributed by atoms with Gasteiger partial charge in [-0.15, -0.1) is 0 Å². The molecule has 2 rings (SSSR count). The smallest absolute Gasteiger partial charge is 0.379 e. The second-order valence-corrected chi connectivity index (χ2v) is 5.94. The van der Waals surface area contributed by atoms with Gasteiger partial charge in [0.25, 0.3) is 5.69 Å². The second kappa shape index (κ2) is 8.06. The van der Waals surface area contributed by atoms with Gasteiger partial charge in [-0.1, -0.05) is 0 Å². The van der Waals surface area contributed by atoms with E-state index in [1.165, 1.54) is 4.90 Å². The average molecular weight is 385 g/mol. The number of amides is 1. The van der Waals surface area contributed by atoms with Crippen molar-refractivity contribution in [2.24, 2.45) is 7.05 Å². The van der Waals surface area contributed by atoms with E-state index in [4.69, 9.17) is 0 Å². The topological polar surface area (TPSA) is 93.3 Å². The molecule has 11 heteroatoms. The SMILES string of the molecule is CN(Cc1cnn(C)c1)C(=O)CCNc1ccc(C(F)(F)F)cc1[N+](=O)[O-]. The number of alkyl halides is 3. The van der Waals surface area contributed by atoms with Gasteiger partial charge in [0.2, 0.25) is 5.91 Å². The summed E-state index contributed by atoms with van der Waals surface area (Å²) >= 11 is 0. The summed E-state index contributed by atoms with van der Waals surface area (Å²) in [6.07, 6.45) is -1.25. The third-order valence-electron chi connectivity index (χ3n) is 3.78. The third kappa shape index (κ3) is 5.43. The van der Waals surface area contributed by atoms with Crippen LogP contribution in [0.1, 0.15) is 17.5 Å². The summed E-state index contributed by atoms with van der Waals surface area (Å²) in [6, 6.07) is 2.22. The molecule has 0 saturated carbocycles. The average Bonchev–Trinajstić information content (AvgIpc) is 2.98. The highest BCUT2D eigenvalue weighted by Gasteiger charge is 2.33. The normalized spacial score (nSPS) is 11.3. The summed E-state index contributed by atoms with van der Waals surface area (Å²) in [6.45, 7) is 0.398. The Morgan fingerprint density at radius 2 is 2.11 bits per heavy atom. The summed E-state index contributed by atoms with van der Waals surface area (Å²) in [4.78, 5) is 23.7. The zero-order valence-electron chi connectivity index (χ0n) is 14.7. The first-order chi connectivity index (χ1) is 12.6. The van der Waals surface area contributed by atoms with Crippen LogP contribution >= 0.6 is 0 Å². The molecular formula is C16H18F3N5O3. The molecule has 0 aliphatic carbocycles. The zero-order valence-corrected chi connectivity index (χ0v) is 14.7. The minimum Gasteiger partial charge on any atom is -0.379 e. The lowest BCUT2D eigenvalue weighted by molar-refractivity contribution is -0.384. The van der Waals surface area contributed by atoms with E-state index >= 15 is 0 Å². The Labute approximate surface area is 152 Å². The van der Waals surface area contributed by atoms with E-state index in [2.05, 4.69) is 10.4 Å². The number of nitrogens with zero attached hydrogens (tertiary/aromatic N) is 4. The quantitative estimate of drug-likeness (QED) is 0.584. The van der Waals surface area contributed by atoms with Crippen LogP contribution in [0.4, 0.5) is 24.5 Å². The van der Waals surface area contributed by atoms with E-state index in [9.17, 15) is 28.1 Å². The number of nitro groups is 1. The van der Waals surface area contributed by atoms with Gasteiger partial charge in [0.1, 0.15) is 5.69 Å². The summed E-state index contributed by atoms with van der Waals surface area (Å²) in [5.41, 5.74) is -1.02. The number of carbonyl (C=O) groups is 1. The van der Waals surface area contributed by atoms with Crippen molar-refractivity contribution >= 4 is 17.3 Å². The summed E-state index contributed by atoms with van der Waals surface area (Å²) in [7, 11) is 3.36. The first kappa shape index (κ1) is 20.2. The van der Waals surface area contributed by atoms with Crippen molar-refractivity contribution in [2.45, 2.75) is 19.1 Å². The molecule has 2 aromatic rings. The number of hydrogen-bond acceptors (Lipinski definition) is 5. The molecular weight excluding hydrogens is 367 g/mol. The molecule has 0 radical (unpaired) electrons. The van der Waals surface area contributed by atoms with Crippen LogP contribution in [0.5, 0.6) is 0 Å². The fourth-order valence-electron chi connectivity index (χ4n) is 2.42. The molecule has 1 aromatic carbocycles. The van der Waals surface area contributed by atoms with Gasteiger partial charge in [0.05, 0.1) is 16.7 Å². The van der Waals surface area contributed by atoms with E-state index in [1.54, 1.807) is 31.2 Å².